The average molecular weight is 540 g/mol. The second kappa shape index (κ2) is 11.7. The molecule has 2 aliphatic heterocycles. The summed E-state index contributed by atoms with van der Waals surface area (Å²) in [6, 6.07) is 13.9. The number of imidazole rings is 1. The molecule has 5 heterocycles. The number of carbonyl (C=O) groups is 2. The first-order valence-electron chi connectivity index (χ1n) is 13.8. The Bertz CT molecular complexity index is 1460. The zero-order valence-electron chi connectivity index (χ0n) is 22.4. The van der Waals surface area contributed by atoms with Crippen LogP contribution in [0, 0.1) is 0 Å². The molecule has 2 fully saturated rings. The number of fused-ring (bicyclic) bond motifs is 1. The summed E-state index contributed by atoms with van der Waals surface area (Å²) in [7, 11) is 0. The average Bonchev–Trinajstić information content (AvgIpc) is 3.66. The summed E-state index contributed by atoms with van der Waals surface area (Å²) >= 11 is 0. The van der Waals surface area contributed by atoms with Crippen molar-refractivity contribution in [1.29, 1.82) is 0 Å². The largest absolute Gasteiger partial charge is 0.372 e. The van der Waals surface area contributed by atoms with Gasteiger partial charge in [-0.2, -0.15) is 0 Å². The summed E-state index contributed by atoms with van der Waals surface area (Å²) in [5.41, 5.74) is 3.72. The van der Waals surface area contributed by atoms with E-state index in [2.05, 4.69) is 54.7 Å². The van der Waals surface area contributed by atoms with Gasteiger partial charge >= 0.3 is 0 Å². The number of hydrogen-bond donors (Lipinski definition) is 2. The molecule has 0 radical (unpaired) electrons. The lowest BCUT2D eigenvalue weighted by molar-refractivity contribution is -0.131. The van der Waals surface area contributed by atoms with Crippen molar-refractivity contribution in [3.05, 3.63) is 67.3 Å². The van der Waals surface area contributed by atoms with Gasteiger partial charge in [0.25, 0.3) is 0 Å². The lowest BCUT2D eigenvalue weighted by Crippen LogP contribution is -2.51. The van der Waals surface area contributed by atoms with Gasteiger partial charge in [0.2, 0.25) is 11.8 Å². The quantitative estimate of drug-likeness (QED) is 0.352. The van der Waals surface area contributed by atoms with Crippen LogP contribution in [0.4, 0.5) is 17.3 Å². The van der Waals surface area contributed by atoms with Crippen LogP contribution in [0.2, 0.25) is 0 Å². The number of piperazine rings is 1. The summed E-state index contributed by atoms with van der Waals surface area (Å²) in [5, 5.41) is 6.17. The summed E-state index contributed by atoms with van der Waals surface area (Å²) in [6.07, 6.45) is 9.40. The fourth-order valence-electron chi connectivity index (χ4n) is 5.33. The molecule has 0 spiro atoms. The fourth-order valence-corrected chi connectivity index (χ4v) is 5.33. The zero-order chi connectivity index (χ0) is 27.3. The van der Waals surface area contributed by atoms with Crippen molar-refractivity contribution in [1.82, 2.24) is 29.2 Å². The third-order valence-corrected chi connectivity index (χ3v) is 7.47. The molecule has 6 rings (SSSR count). The van der Waals surface area contributed by atoms with Crippen molar-refractivity contribution in [2.24, 2.45) is 0 Å². The highest BCUT2D eigenvalue weighted by atomic mass is 16.2. The zero-order valence-corrected chi connectivity index (χ0v) is 22.4. The van der Waals surface area contributed by atoms with E-state index in [4.69, 9.17) is 4.98 Å². The molecule has 40 heavy (non-hydrogen) atoms. The normalized spacial score (nSPS) is 15.9. The molecular formula is C29H33N9O2. The van der Waals surface area contributed by atoms with Gasteiger partial charge in [0, 0.05) is 69.1 Å². The molecule has 4 aromatic rings. The lowest BCUT2D eigenvalue weighted by Gasteiger charge is -2.34. The first-order valence-corrected chi connectivity index (χ1v) is 13.8. The van der Waals surface area contributed by atoms with Crippen molar-refractivity contribution in [2.75, 3.05) is 67.9 Å². The van der Waals surface area contributed by atoms with Gasteiger partial charge in [-0.15, -0.1) is 0 Å². The highest BCUT2D eigenvalue weighted by Gasteiger charge is 2.23. The number of nitrogens with zero attached hydrogens (tertiary/aromatic N) is 7. The van der Waals surface area contributed by atoms with E-state index in [1.54, 1.807) is 30.7 Å². The minimum atomic E-state index is -0.108. The number of carbonyl (C=O) groups excluding carboxylic acids is 2. The summed E-state index contributed by atoms with van der Waals surface area (Å²) in [5.74, 6) is 1.21. The molecule has 2 aliphatic rings. The SMILES string of the molecule is O=C(CN1CCN(C(=O)CNc2c(-c3ccc(N4CCCC4)cc3)nc3cnccn23)CC1)Nc1ccccn1. The van der Waals surface area contributed by atoms with Gasteiger partial charge in [0.05, 0.1) is 19.3 Å². The Balaban J connectivity index is 1.07. The first kappa shape index (κ1) is 25.8. The Hall–Kier alpha value is -4.51. The van der Waals surface area contributed by atoms with Crippen LogP contribution in [-0.4, -0.2) is 93.3 Å². The maximum absolute atomic E-state index is 13.1. The molecule has 0 bridgehead atoms. The van der Waals surface area contributed by atoms with E-state index in [1.807, 2.05) is 21.6 Å². The third-order valence-electron chi connectivity index (χ3n) is 7.47. The molecule has 0 saturated carbocycles. The van der Waals surface area contributed by atoms with Crippen LogP contribution in [0.1, 0.15) is 12.8 Å². The van der Waals surface area contributed by atoms with Gasteiger partial charge in [-0.25, -0.2) is 9.97 Å². The van der Waals surface area contributed by atoms with Crippen LogP contribution < -0.4 is 15.5 Å². The Labute approximate surface area is 232 Å². The molecular weight excluding hydrogens is 506 g/mol. The molecule has 1 aromatic carbocycles. The Morgan fingerprint density at radius 2 is 1.70 bits per heavy atom. The third kappa shape index (κ3) is 5.74. The van der Waals surface area contributed by atoms with E-state index in [1.165, 1.54) is 18.5 Å². The van der Waals surface area contributed by atoms with Crippen LogP contribution in [0.25, 0.3) is 16.9 Å². The van der Waals surface area contributed by atoms with Gasteiger partial charge in [-0.05, 0) is 37.1 Å². The predicted octanol–water partition coefficient (Wildman–Crippen LogP) is 2.59. The van der Waals surface area contributed by atoms with E-state index in [-0.39, 0.29) is 24.9 Å². The van der Waals surface area contributed by atoms with Gasteiger partial charge < -0.3 is 20.4 Å². The number of pyridine rings is 1. The van der Waals surface area contributed by atoms with Crippen molar-refractivity contribution < 1.29 is 9.59 Å². The number of aromatic nitrogens is 4. The van der Waals surface area contributed by atoms with E-state index in [0.29, 0.717) is 37.6 Å². The number of benzene rings is 1. The second-order valence-corrected chi connectivity index (χ2v) is 10.1. The highest BCUT2D eigenvalue weighted by molar-refractivity contribution is 5.91. The van der Waals surface area contributed by atoms with E-state index in [9.17, 15) is 9.59 Å². The van der Waals surface area contributed by atoms with Crippen molar-refractivity contribution in [2.45, 2.75) is 12.8 Å². The van der Waals surface area contributed by atoms with Crippen LogP contribution in [0.15, 0.2) is 67.3 Å². The molecule has 11 heteroatoms. The van der Waals surface area contributed by atoms with E-state index < -0.39 is 0 Å². The van der Waals surface area contributed by atoms with Crippen LogP contribution in [0.5, 0.6) is 0 Å². The van der Waals surface area contributed by atoms with Gasteiger partial charge in [0.15, 0.2) is 5.65 Å². The molecule has 11 nitrogen and oxygen atoms in total. The summed E-state index contributed by atoms with van der Waals surface area (Å²) < 4.78 is 1.93. The maximum Gasteiger partial charge on any atom is 0.242 e. The number of rotatable bonds is 8. The predicted molar refractivity (Wildman–Crippen MR) is 154 cm³/mol. The minimum Gasteiger partial charge on any atom is -0.372 e. The molecule has 0 aliphatic carbocycles. The maximum atomic E-state index is 13.1. The number of hydrogen-bond acceptors (Lipinski definition) is 8. The Kier molecular flexibility index (Phi) is 7.53. The van der Waals surface area contributed by atoms with Crippen molar-refractivity contribution in [3.63, 3.8) is 0 Å². The molecule has 2 saturated heterocycles. The fraction of sp³-hybridized carbons (Fsp3) is 0.345. The van der Waals surface area contributed by atoms with Gasteiger partial charge in [0.1, 0.15) is 17.3 Å². The van der Waals surface area contributed by atoms with Gasteiger partial charge in [-0.1, -0.05) is 18.2 Å². The molecule has 206 valence electrons. The number of anilines is 3. The van der Waals surface area contributed by atoms with E-state index >= 15 is 0 Å². The lowest BCUT2D eigenvalue weighted by atomic mass is 10.1. The smallest absolute Gasteiger partial charge is 0.242 e. The molecule has 0 atom stereocenters. The van der Waals surface area contributed by atoms with Crippen LogP contribution in [-0.2, 0) is 9.59 Å². The molecule has 0 unspecified atom stereocenters. The van der Waals surface area contributed by atoms with Crippen LogP contribution >= 0.6 is 0 Å². The summed E-state index contributed by atoms with van der Waals surface area (Å²) in [4.78, 5) is 45.0. The Morgan fingerprint density at radius 3 is 2.45 bits per heavy atom. The second-order valence-electron chi connectivity index (χ2n) is 10.1. The topological polar surface area (TPSA) is 111 Å². The molecule has 3 aromatic heterocycles. The monoisotopic (exact) mass is 539 g/mol. The number of amides is 2. The van der Waals surface area contributed by atoms with Gasteiger partial charge in [-0.3, -0.25) is 23.9 Å². The van der Waals surface area contributed by atoms with Crippen molar-refractivity contribution in [3.8, 4) is 11.3 Å². The summed E-state index contributed by atoms with van der Waals surface area (Å²) in [6.45, 7) is 5.02. The Morgan fingerprint density at radius 1 is 0.900 bits per heavy atom. The molecule has 2 N–H and O–H groups in total. The highest BCUT2D eigenvalue weighted by Crippen LogP contribution is 2.30. The number of nitrogens with one attached hydrogen (secondary N) is 2. The van der Waals surface area contributed by atoms with Crippen molar-refractivity contribution >= 4 is 34.8 Å². The molecule has 2 amide bonds. The van der Waals surface area contributed by atoms with E-state index in [0.717, 1.165) is 30.2 Å². The first-order chi connectivity index (χ1) is 19.6. The minimum absolute atomic E-state index is 0.0110. The standard InChI is InChI=1S/C29H33N9O2/c39-26(33-24-5-1-2-10-31-24)21-35-15-17-37(18-16-35)27(40)20-32-29-28(34-25-19-30-11-14-38(25)29)22-6-8-23(9-7-22)36-12-3-4-13-36/h1-2,5-11,14,19,32H,3-4,12-13,15-18,20-21H2,(H,31,33,39). The van der Waals surface area contributed by atoms with Crippen LogP contribution in [0.3, 0.4) is 0 Å².